The van der Waals surface area contributed by atoms with Crippen LogP contribution in [0, 0.1) is 0 Å². The molecule has 34 heavy (non-hydrogen) atoms. The van der Waals surface area contributed by atoms with Gasteiger partial charge in [-0.3, -0.25) is 4.79 Å². The molecule has 0 bridgehead atoms. The molecule has 0 aliphatic rings. The van der Waals surface area contributed by atoms with E-state index >= 15 is 0 Å². The lowest BCUT2D eigenvalue weighted by Gasteiger charge is -2.19. The Morgan fingerprint density at radius 1 is 0.824 bits per heavy atom. The van der Waals surface area contributed by atoms with Crippen LogP contribution in [0.2, 0.25) is 0 Å². The number of rotatable bonds is 11. The molecule has 3 aromatic rings. The summed E-state index contributed by atoms with van der Waals surface area (Å²) in [5, 5.41) is 2.82. The van der Waals surface area contributed by atoms with Gasteiger partial charge in [0.15, 0.2) is 11.5 Å². The maximum absolute atomic E-state index is 13.1. The number of hydrogen-bond donors (Lipinski definition) is 2. The topological polar surface area (TPSA) is 103 Å². The summed E-state index contributed by atoms with van der Waals surface area (Å²) < 4.78 is 44.4. The average molecular weight is 485 g/mol. The Balaban J connectivity index is 1.81. The third-order valence-electron chi connectivity index (χ3n) is 5.19. The molecular weight excluding hydrogens is 456 g/mol. The molecule has 0 saturated carbocycles. The van der Waals surface area contributed by atoms with Crippen molar-refractivity contribution in [3.63, 3.8) is 0 Å². The first-order valence-electron chi connectivity index (χ1n) is 10.5. The van der Waals surface area contributed by atoms with Gasteiger partial charge in [-0.25, -0.2) is 8.42 Å². The molecule has 0 aliphatic heterocycles. The summed E-state index contributed by atoms with van der Waals surface area (Å²) in [6.07, 6.45) is 0.182. The Hall–Kier alpha value is -3.56. The van der Waals surface area contributed by atoms with Gasteiger partial charge in [-0.1, -0.05) is 42.5 Å². The zero-order chi connectivity index (χ0) is 24.6. The number of benzene rings is 3. The van der Waals surface area contributed by atoms with Crippen LogP contribution in [0.5, 0.6) is 17.2 Å². The van der Waals surface area contributed by atoms with Gasteiger partial charge in [0.05, 0.1) is 26.2 Å². The first-order chi connectivity index (χ1) is 16.4. The molecule has 0 aromatic heterocycles. The van der Waals surface area contributed by atoms with Crippen LogP contribution < -0.4 is 24.2 Å². The molecule has 0 radical (unpaired) electrons. The first-order valence-corrected chi connectivity index (χ1v) is 12.0. The largest absolute Gasteiger partial charge is 0.497 e. The summed E-state index contributed by atoms with van der Waals surface area (Å²) in [5.41, 5.74) is 1.68. The van der Waals surface area contributed by atoms with Crippen LogP contribution >= 0.6 is 0 Å². The molecule has 1 atom stereocenters. The molecule has 0 aliphatic carbocycles. The Bertz CT molecular complexity index is 1200. The molecule has 3 aromatic carbocycles. The lowest BCUT2D eigenvalue weighted by atomic mass is 10.1. The summed E-state index contributed by atoms with van der Waals surface area (Å²) >= 11 is 0. The highest BCUT2D eigenvalue weighted by Gasteiger charge is 2.27. The van der Waals surface area contributed by atoms with E-state index in [-0.39, 0.29) is 23.6 Å². The van der Waals surface area contributed by atoms with E-state index in [4.69, 9.17) is 14.2 Å². The molecule has 0 fully saturated rings. The SMILES string of the molecule is COc1ccc(CNC(=O)[C@H](Cc2ccccc2)NS(=O)(=O)c2ccc(OC)c(OC)c2)cc1. The fourth-order valence-corrected chi connectivity index (χ4v) is 4.54. The smallest absolute Gasteiger partial charge is 0.241 e. The number of sulfonamides is 1. The molecule has 2 N–H and O–H groups in total. The van der Waals surface area contributed by atoms with Crippen molar-refractivity contribution < 1.29 is 27.4 Å². The molecule has 3 rings (SSSR count). The maximum Gasteiger partial charge on any atom is 0.241 e. The molecule has 0 heterocycles. The van der Waals surface area contributed by atoms with Crippen LogP contribution in [0.15, 0.2) is 77.7 Å². The zero-order valence-corrected chi connectivity index (χ0v) is 20.1. The van der Waals surface area contributed by atoms with E-state index in [1.807, 2.05) is 42.5 Å². The summed E-state index contributed by atoms with van der Waals surface area (Å²) in [5.74, 6) is 0.942. The minimum atomic E-state index is -4.04. The Labute approximate surface area is 199 Å². The number of amides is 1. The molecule has 0 spiro atoms. The van der Waals surface area contributed by atoms with Crippen molar-refractivity contribution in [2.75, 3.05) is 21.3 Å². The van der Waals surface area contributed by atoms with Crippen LogP contribution in [0.25, 0.3) is 0 Å². The highest BCUT2D eigenvalue weighted by Crippen LogP contribution is 2.29. The van der Waals surface area contributed by atoms with Crippen molar-refractivity contribution in [2.45, 2.75) is 23.9 Å². The Morgan fingerprint density at radius 2 is 1.50 bits per heavy atom. The highest BCUT2D eigenvalue weighted by molar-refractivity contribution is 7.89. The molecule has 9 heteroatoms. The van der Waals surface area contributed by atoms with Crippen LogP contribution in [0.4, 0.5) is 0 Å². The number of nitrogens with one attached hydrogen (secondary N) is 2. The van der Waals surface area contributed by atoms with Gasteiger partial charge in [0.25, 0.3) is 0 Å². The fourth-order valence-electron chi connectivity index (χ4n) is 3.33. The predicted octanol–water partition coefficient (Wildman–Crippen LogP) is 2.92. The van der Waals surface area contributed by atoms with E-state index in [2.05, 4.69) is 10.0 Å². The van der Waals surface area contributed by atoms with Crippen LogP contribution in [-0.2, 0) is 27.8 Å². The van der Waals surface area contributed by atoms with E-state index in [0.29, 0.717) is 11.5 Å². The summed E-state index contributed by atoms with van der Waals surface area (Å²) in [6, 6.07) is 19.7. The van der Waals surface area contributed by atoms with Gasteiger partial charge in [0.1, 0.15) is 11.8 Å². The summed E-state index contributed by atoms with van der Waals surface area (Å²) in [4.78, 5) is 13.0. The molecule has 180 valence electrons. The van der Waals surface area contributed by atoms with Crippen molar-refractivity contribution in [3.05, 3.63) is 83.9 Å². The zero-order valence-electron chi connectivity index (χ0n) is 19.3. The molecule has 1 amide bonds. The van der Waals surface area contributed by atoms with Gasteiger partial charge in [-0.2, -0.15) is 4.72 Å². The van der Waals surface area contributed by atoms with E-state index in [1.165, 1.54) is 32.4 Å². The fraction of sp³-hybridized carbons (Fsp3) is 0.240. The normalized spacial score (nSPS) is 12.0. The van der Waals surface area contributed by atoms with E-state index in [9.17, 15) is 13.2 Å². The van der Waals surface area contributed by atoms with Crippen LogP contribution in [-0.4, -0.2) is 41.7 Å². The number of carbonyl (C=O) groups excluding carboxylic acids is 1. The molecule has 0 saturated heterocycles. The minimum Gasteiger partial charge on any atom is -0.497 e. The van der Waals surface area contributed by atoms with Crippen molar-refractivity contribution in [1.82, 2.24) is 10.0 Å². The Morgan fingerprint density at radius 3 is 2.12 bits per heavy atom. The van der Waals surface area contributed by atoms with Gasteiger partial charge in [-0.05, 0) is 41.8 Å². The van der Waals surface area contributed by atoms with E-state index in [1.54, 1.807) is 19.2 Å². The molecule has 8 nitrogen and oxygen atoms in total. The summed E-state index contributed by atoms with van der Waals surface area (Å²) in [6.45, 7) is 0.242. The van der Waals surface area contributed by atoms with Gasteiger partial charge in [-0.15, -0.1) is 0 Å². The monoisotopic (exact) mass is 484 g/mol. The van der Waals surface area contributed by atoms with E-state index in [0.717, 1.165) is 11.1 Å². The van der Waals surface area contributed by atoms with Gasteiger partial charge < -0.3 is 19.5 Å². The number of methoxy groups -OCH3 is 3. The number of carbonyl (C=O) groups is 1. The standard InChI is InChI=1S/C25H28N2O6S/c1-31-20-11-9-19(10-12-20)17-26-25(28)22(15-18-7-5-4-6-8-18)27-34(29,30)21-13-14-23(32-2)24(16-21)33-3/h4-14,16,22,27H,15,17H2,1-3H3,(H,26,28)/t22-/m0/s1. The quantitative estimate of drug-likeness (QED) is 0.434. The van der Waals surface area contributed by atoms with Gasteiger partial charge in [0.2, 0.25) is 15.9 Å². The third kappa shape index (κ3) is 6.49. The van der Waals surface area contributed by atoms with Crippen LogP contribution in [0.3, 0.4) is 0 Å². The number of ether oxygens (including phenoxy) is 3. The maximum atomic E-state index is 13.1. The van der Waals surface area contributed by atoms with Gasteiger partial charge in [0, 0.05) is 12.6 Å². The lowest BCUT2D eigenvalue weighted by Crippen LogP contribution is -2.47. The van der Waals surface area contributed by atoms with E-state index < -0.39 is 22.0 Å². The van der Waals surface area contributed by atoms with Crippen molar-refractivity contribution in [2.24, 2.45) is 0 Å². The predicted molar refractivity (Wildman–Crippen MR) is 129 cm³/mol. The molecular formula is C25H28N2O6S. The second kappa shape index (κ2) is 11.5. The average Bonchev–Trinajstić information content (AvgIpc) is 2.87. The Kier molecular flexibility index (Phi) is 8.50. The second-order valence-electron chi connectivity index (χ2n) is 7.45. The lowest BCUT2D eigenvalue weighted by molar-refractivity contribution is -0.122. The van der Waals surface area contributed by atoms with Crippen molar-refractivity contribution >= 4 is 15.9 Å². The second-order valence-corrected chi connectivity index (χ2v) is 9.16. The van der Waals surface area contributed by atoms with Crippen molar-refractivity contribution in [3.8, 4) is 17.2 Å². The third-order valence-corrected chi connectivity index (χ3v) is 6.66. The summed E-state index contributed by atoms with van der Waals surface area (Å²) in [7, 11) is 0.430. The van der Waals surface area contributed by atoms with Crippen molar-refractivity contribution in [1.29, 1.82) is 0 Å². The number of hydrogen-bond acceptors (Lipinski definition) is 6. The first kappa shape index (κ1) is 25.1. The minimum absolute atomic E-state index is 0.0360. The van der Waals surface area contributed by atoms with Crippen LogP contribution in [0.1, 0.15) is 11.1 Å². The highest BCUT2D eigenvalue weighted by atomic mass is 32.2. The van der Waals surface area contributed by atoms with Gasteiger partial charge >= 0.3 is 0 Å². The molecule has 0 unspecified atom stereocenters.